The van der Waals surface area contributed by atoms with Crippen LogP contribution in [0.2, 0.25) is 0 Å². The van der Waals surface area contributed by atoms with Crippen molar-refractivity contribution < 1.29 is 9.59 Å². The number of rotatable bonds is 6. The number of thiazole rings is 1. The number of para-hydroxylation sites is 1. The van der Waals surface area contributed by atoms with E-state index in [1.165, 1.54) is 4.70 Å². The van der Waals surface area contributed by atoms with Gasteiger partial charge in [-0.05, 0) is 31.4 Å². The van der Waals surface area contributed by atoms with Crippen molar-refractivity contribution >= 4 is 33.4 Å². The van der Waals surface area contributed by atoms with Crippen LogP contribution in [-0.2, 0) is 16.0 Å². The number of carbonyl (C=O) groups is 2. The fourth-order valence-corrected chi connectivity index (χ4v) is 4.19. The summed E-state index contributed by atoms with van der Waals surface area (Å²) in [6, 6.07) is 8.10. The van der Waals surface area contributed by atoms with E-state index in [-0.39, 0.29) is 17.7 Å². The molecule has 0 spiro atoms. The van der Waals surface area contributed by atoms with Crippen molar-refractivity contribution in [1.29, 1.82) is 0 Å². The number of carbonyl (C=O) groups excluding carboxylic acids is 2. The Hall–Kier alpha value is -1.95. The maximum atomic E-state index is 12.3. The van der Waals surface area contributed by atoms with Gasteiger partial charge in [-0.15, -0.1) is 11.3 Å². The van der Waals surface area contributed by atoms with E-state index >= 15 is 0 Å². The fourth-order valence-electron chi connectivity index (χ4n) is 3.23. The van der Waals surface area contributed by atoms with Gasteiger partial charge < -0.3 is 10.2 Å². The summed E-state index contributed by atoms with van der Waals surface area (Å²) in [6.45, 7) is 4.04. The predicted molar refractivity (Wildman–Crippen MR) is 101 cm³/mol. The molecule has 0 unspecified atom stereocenters. The molecule has 2 aromatic rings. The minimum absolute atomic E-state index is 0.0287. The summed E-state index contributed by atoms with van der Waals surface area (Å²) in [6.07, 6.45) is 3.79. The molecule has 6 heteroatoms. The maximum Gasteiger partial charge on any atom is 0.223 e. The molecule has 1 saturated heterocycles. The SMILES string of the molecule is CCCC(=O)N1CCC(C(=O)NCCc2nc3ccccc3s2)CC1. The van der Waals surface area contributed by atoms with E-state index in [1.807, 2.05) is 30.0 Å². The first-order valence-corrected chi connectivity index (χ1v) is 9.89. The van der Waals surface area contributed by atoms with Crippen LogP contribution in [0, 0.1) is 5.92 Å². The molecule has 1 N–H and O–H groups in total. The second kappa shape index (κ2) is 8.43. The van der Waals surface area contributed by atoms with E-state index in [0.29, 0.717) is 26.1 Å². The number of hydrogen-bond donors (Lipinski definition) is 1. The zero-order valence-corrected chi connectivity index (χ0v) is 15.5. The van der Waals surface area contributed by atoms with Crippen molar-refractivity contribution in [2.24, 2.45) is 5.92 Å². The van der Waals surface area contributed by atoms with Crippen LogP contribution in [0.5, 0.6) is 0 Å². The van der Waals surface area contributed by atoms with Crippen molar-refractivity contribution in [3.05, 3.63) is 29.3 Å². The van der Waals surface area contributed by atoms with Gasteiger partial charge in [-0.2, -0.15) is 0 Å². The molecule has 1 aromatic heterocycles. The minimum Gasteiger partial charge on any atom is -0.355 e. The molecule has 0 atom stereocenters. The molecule has 2 heterocycles. The van der Waals surface area contributed by atoms with Gasteiger partial charge in [-0.1, -0.05) is 19.1 Å². The second-order valence-corrected chi connectivity index (χ2v) is 7.64. The molecule has 25 heavy (non-hydrogen) atoms. The molecule has 1 aliphatic rings. The first-order chi connectivity index (χ1) is 12.2. The van der Waals surface area contributed by atoms with E-state index < -0.39 is 0 Å². The van der Waals surface area contributed by atoms with Gasteiger partial charge >= 0.3 is 0 Å². The lowest BCUT2D eigenvalue weighted by Gasteiger charge is -2.31. The molecular weight excluding hydrogens is 334 g/mol. The Morgan fingerprint density at radius 1 is 1.28 bits per heavy atom. The van der Waals surface area contributed by atoms with Crippen molar-refractivity contribution in [3.63, 3.8) is 0 Å². The summed E-state index contributed by atoms with van der Waals surface area (Å²) in [4.78, 5) is 30.7. The van der Waals surface area contributed by atoms with Crippen molar-refractivity contribution in [2.45, 2.75) is 39.0 Å². The maximum absolute atomic E-state index is 12.3. The highest BCUT2D eigenvalue weighted by atomic mass is 32.1. The van der Waals surface area contributed by atoms with Crippen LogP contribution in [0.25, 0.3) is 10.2 Å². The van der Waals surface area contributed by atoms with Gasteiger partial charge in [0.25, 0.3) is 0 Å². The fraction of sp³-hybridized carbons (Fsp3) is 0.526. The van der Waals surface area contributed by atoms with Crippen LogP contribution < -0.4 is 5.32 Å². The summed E-state index contributed by atoms with van der Waals surface area (Å²) >= 11 is 1.69. The Kier molecular flexibility index (Phi) is 6.02. The number of benzene rings is 1. The normalized spacial score (nSPS) is 15.5. The van der Waals surface area contributed by atoms with E-state index in [2.05, 4.69) is 16.4 Å². The van der Waals surface area contributed by atoms with Crippen LogP contribution in [-0.4, -0.2) is 41.3 Å². The number of fused-ring (bicyclic) bond motifs is 1. The number of hydrogen-bond acceptors (Lipinski definition) is 4. The second-order valence-electron chi connectivity index (χ2n) is 6.52. The van der Waals surface area contributed by atoms with Crippen molar-refractivity contribution in [2.75, 3.05) is 19.6 Å². The lowest BCUT2D eigenvalue weighted by atomic mass is 9.95. The number of likely N-dealkylation sites (tertiary alicyclic amines) is 1. The lowest BCUT2D eigenvalue weighted by Crippen LogP contribution is -2.43. The molecular formula is C19H25N3O2S. The molecule has 0 saturated carbocycles. The molecule has 1 aromatic carbocycles. The summed E-state index contributed by atoms with van der Waals surface area (Å²) in [5.41, 5.74) is 1.03. The average molecular weight is 359 g/mol. The number of aromatic nitrogens is 1. The highest BCUT2D eigenvalue weighted by molar-refractivity contribution is 7.18. The van der Waals surface area contributed by atoms with Gasteiger partial charge in [0.05, 0.1) is 15.2 Å². The lowest BCUT2D eigenvalue weighted by molar-refractivity contribution is -0.135. The highest BCUT2D eigenvalue weighted by Gasteiger charge is 2.26. The molecule has 0 bridgehead atoms. The van der Waals surface area contributed by atoms with Crippen LogP contribution in [0.3, 0.4) is 0 Å². The van der Waals surface area contributed by atoms with Crippen LogP contribution in [0.4, 0.5) is 0 Å². The smallest absolute Gasteiger partial charge is 0.223 e. The van der Waals surface area contributed by atoms with Crippen LogP contribution in [0.1, 0.15) is 37.6 Å². The van der Waals surface area contributed by atoms with Crippen LogP contribution >= 0.6 is 11.3 Å². The van der Waals surface area contributed by atoms with Crippen molar-refractivity contribution in [1.82, 2.24) is 15.2 Å². The number of nitrogens with zero attached hydrogens (tertiary/aromatic N) is 2. The average Bonchev–Trinajstić information content (AvgIpc) is 3.04. The monoisotopic (exact) mass is 359 g/mol. The molecule has 5 nitrogen and oxygen atoms in total. The largest absolute Gasteiger partial charge is 0.355 e. The third kappa shape index (κ3) is 4.57. The van der Waals surface area contributed by atoms with Gasteiger partial charge in [0.1, 0.15) is 0 Å². The molecule has 3 rings (SSSR count). The molecule has 134 valence electrons. The molecule has 0 aliphatic carbocycles. The Morgan fingerprint density at radius 3 is 2.76 bits per heavy atom. The molecule has 2 amide bonds. The standard InChI is InChI=1S/C19H25N3O2S/c1-2-5-18(23)22-12-9-14(10-13-22)19(24)20-11-8-17-21-15-6-3-4-7-16(15)25-17/h3-4,6-7,14H,2,5,8-13H2,1H3,(H,20,24). The quantitative estimate of drug-likeness (QED) is 0.862. The zero-order valence-electron chi connectivity index (χ0n) is 14.7. The Bertz CT molecular complexity index is 702. The topological polar surface area (TPSA) is 62.3 Å². The molecule has 1 fully saturated rings. The number of piperidine rings is 1. The van der Waals surface area contributed by atoms with Gasteiger partial charge in [0, 0.05) is 38.4 Å². The zero-order chi connectivity index (χ0) is 17.6. The van der Waals surface area contributed by atoms with E-state index in [1.54, 1.807) is 11.3 Å². The van der Waals surface area contributed by atoms with E-state index in [4.69, 9.17) is 0 Å². The van der Waals surface area contributed by atoms with E-state index in [9.17, 15) is 9.59 Å². The van der Waals surface area contributed by atoms with Crippen molar-refractivity contribution in [3.8, 4) is 0 Å². The van der Waals surface area contributed by atoms with Gasteiger partial charge in [0.2, 0.25) is 11.8 Å². The summed E-state index contributed by atoms with van der Waals surface area (Å²) in [7, 11) is 0. The summed E-state index contributed by atoms with van der Waals surface area (Å²) in [5, 5.41) is 4.10. The Labute approximate surface area is 152 Å². The minimum atomic E-state index is 0.0287. The summed E-state index contributed by atoms with van der Waals surface area (Å²) < 4.78 is 1.19. The van der Waals surface area contributed by atoms with E-state index in [0.717, 1.165) is 36.2 Å². The number of nitrogens with one attached hydrogen (secondary N) is 1. The van der Waals surface area contributed by atoms with Crippen LogP contribution in [0.15, 0.2) is 24.3 Å². The number of amides is 2. The first kappa shape index (κ1) is 17.9. The third-order valence-electron chi connectivity index (χ3n) is 4.66. The Balaban J connectivity index is 1.42. The predicted octanol–water partition coefficient (Wildman–Crippen LogP) is 2.99. The first-order valence-electron chi connectivity index (χ1n) is 9.07. The highest BCUT2D eigenvalue weighted by Crippen LogP contribution is 2.22. The molecule has 1 aliphatic heterocycles. The third-order valence-corrected chi connectivity index (χ3v) is 5.75. The van der Waals surface area contributed by atoms with Gasteiger partial charge in [0.15, 0.2) is 0 Å². The van der Waals surface area contributed by atoms with Gasteiger partial charge in [-0.25, -0.2) is 4.98 Å². The summed E-state index contributed by atoms with van der Waals surface area (Å²) in [5.74, 6) is 0.363. The van der Waals surface area contributed by atoms with Gasteiger partial charge in [-0.3, -0.25) is 9.59 Å². The molecule has 0 radical (unpaired) electrons. The Morgan fingerprint density at radius 2 is 2.04 bits per heavy atom.